The summed E-state index contributed by atoms with van der Waals surface area (Å²) in [5, 5.41) is 0.839. The monoisotopic (exact) mass is 308 g/mol. The van der Waals surface area contributed by atoms with Gasteiger partial charge < -0.3 is 0 Å². The van der Waals surface area contributed by atoms with Crippen LogP contribution in [0.15, 0.2) is 42.5 Å². The van der Waals surface area contributed by atoms with E-state index in [9.17, 15) is 13.6 Å². The third-order valence-corrected chi connectivity index (χ3v) is 4.32. The van der Waals surface area contributed by atoms with E-state index in [1.54, 1.807) is 12.1 Å². The van der Waals surface area contributed by atoms with Crippen LogP contribution in [0.4, 0.5) is 8.78 Å². The van der Waals surface area contributed by atoms with E-state index in [0.29, 0.717) is 10.3 Å². The van der Waals surface area contributed by atoms with Crippen molar-refractivity contribution in [2.24, 2.45) is 0 Å². The third kappa shape index (κ3) is 2.32. The molecule has 0 aliphatic rings. The van der Waals surface area contributed by atoms with Crippen LogP contribution in [0.2, 0.25) is 5.02 Å². The van der Waals surface area contributed by atoms with Crippen LogP contribution in [-0.4, -0.2) is 5.78 Å². The van der Waals surface area contributed by atoms with Gasteiger partial charge in [-0.2, -0.15) is 0 Å². The molecule has 0 unspecified atom stereocenters. The number of fused-ring (bicyclic) bond motifs is 1. The first-order valence-corrected chi connectivity index (χ1v) is 6.93. The van der Waals surface area contributed by atoms with Crippen molar-refractivity contribution < 1.29 is 13.6 Å². The summed E-state index contributed by atoms with van der Waals surface area (Å²) in [7, 11) is 0. The predicted octanol–water partition coefficient (Wildman–Crippen LogP) is 5.06. The lowest BCUT2D eigenvalue weighted by molar-refractivity contribution is 0.104. The van der Waals surface area contributed by atoms with Crippen LogP contribution >= 0.6 is 22.9 Å². The Labute approximate surface area is 122 Å². The highest BCUT2D eigenvalue weighted by atomic mass is 35.5. The van der Waals surface area contributed by atoms with Gasteiger partial charge in [-0.3, -0.25) is 4.79 Å². The first kappa shape index (κ1) is 13.2. The van der Waals surface area contributed by atoms with Gasteiger partial charge >= 0.3 is 0 Å². The van der Waals surface area contributed by atoms with E-state index in [0.717, 1.165) is 10.8 Å². The minimum absolute atomic E-state index is 0.110. The lowest BCUT2D eigenvalue weighted by Gasteiger charge is -2.01. The number of carbonyl (C=O) groups is 1. The quantitative estimate of drug-likeness (QED) is 0.604. The van der Waals surface area contributed by atoms with Crippen molar-refractivity contribution in [2.75, 3.05) is 0 Å². The second-order valence-corrected chi connectivity index (χ2v) is 5.74. The molecule has 0 amide bonds. The molecular weight excluding hydrogens is 302 g/mol. The van der Waals surface area contributed by atoms with Crippen molar-refractivity contribution in [1.29, 1.82) is 0 Å². The van der Waals surface area contributed by atoms with E-state index in [-0.39, 0.29) is 22.2 Å². The summed E-state index contributed by atoms with van der Waals surface area (Å²) in [5.41, 5.74) is 0.110. The van der Waals surface area contributed by atoms with Gasteiger partial charge in [0, 0.05) is 10.3 Å². The smallest absolute Gasteiger partial charge is 0.204 e. The molecule has 0 fully saturated rings. The number of carbonyl (C=O) groups excluding carboxylic acids is 1. The molecule has 3 aromatic rings. The topological polar surface area (TPSA) is 17.1 Å². The number of rotatable bonds is 2. The van der Waals surface area contributed by atoms with Crippen molar-refractivity contribution in [3.63, 3.8) is 0 Å². The minimum atomic E-state index is -0.523. The first-order chi connectivity index (χ1) is 9.54. The summed E-state index contributed by atoms with van der Waals surface area (Å²) < 4.78 is 27.2. The van der Waals surface area contributed by atoms with E-state index in [1.165, 1.54) is 35.6 Å². The molecule has 1 aromatic heterocycles. The standard InChI is InChI=1S/C15H7ClF2OS/c16-12-3-1-10(18)7-11(12)15(19)14-6-8-5-9(17)2-4-13(8)20-14/h1-7H. The number of ketones is 1. The van der Waals surface area contributed by atoms with Crippen LogP contribution in [0.1, 0.15) is 15.2 Å². The molecule has 0 N–H and O–H groups in total. The molecule has 0 aliphatic carbocycles. The fraction of sp³-hybridized carbons (Fsp3) is 0. The van der Waals surface area contributed by atoms with Gasteiger partial charge in [0.2, 0.25) is 5.78 Å². The maximum absolute atomic E-state index is 13.2. The van der Waals surface area contributed by atoms with E-state index >= 15 is 0 Å². The summed E-state index contributed by atoms with van der Waals surface area (Å²) in [6.45, 7) is 0. The highest BCUT2D eigenvalue weighted by Gasteiger charge is 2.16. The Balaban J connectivity index is 2.10. The number of halogens is 3. The lowest BCUT2D eigenvalue weighted by Crippen LogP contribution is -2.00. The van der Waals surface area contributed by atoms with Gasteiger partial charge in [-0.05, 0) is 47.9 Å². The van der Waals surface area contributed by atoms with E-state index in [4.69, 9.17) is 11.6 Å². The molecule has 0 atom stereocenters. The highest BCUT2D eigenvalue weighted by Crippen LogP contribution is 2.30. The largest absolute Gasteiger partial charge is 0.288 e. The zero-order chi connectivity index (χ0) is 14.3. The van der Waals surface area contributed by atoms with Crippen LogP contribution in [0.5, 0.6) is 0 Å². The number of thiophene rings is 1. The van der Waals surface area contributed by atoms with Gasteiger partial charge in [0.1, 0.15) is 11.6 Å². The highest BCUT2D eigenvalue weighted by molar-refractivity contribution is 7.21. The van der Waals surface area contributed by atoms with E-state index < -0.39 is 5.82 Å². The summed E-state index contributed by atoms with van der Waals surface area (Å²) in [6.07, 6.45) is 0. The van der Waals surface area contributed by atoms with Crippen LogP contribution < -0.4 is 0 Å². The zero-order valence-corrected chi connectivity index (χ0v) is 11.6. The summed E-state index contributed by atoms with van der Waals surface area (Å²) in [4.78, 5) is 12.7. The van der Waals surface area contributed by atoms with Crippen LogP contribution in [0.3, 0.4) is 0 Å². The molecular formula is C15H7ClF2OS. The number of hydrogen-bond donors (Lipinski definition) is 0. The Bertz CT molecular complexity index is 826. The van der Waals surface area contributed by atoms with E-state index in [2.05, 4.69) is 0 Å². The summed E-state index contributed by atoms with van der Waals surface area (Å²) in [6, 6.07) is 9.54. The summed E-state index contributed by atoms with van der Waals surface area (Å²) >= 11 is 7.15. The molecule has 5 heteroatoms. The van der Waals surface area contributed by atoms with Crippen molar-refractivity contribution in [1.82, 2.24) is 0 Å². The molecule has 1 heterocycles. The average Bonchev–Trinajstić information content (AvgIpc) is 2.83. The Morgan fingerprint density at radius 2 is 1.70 bits per heavy atom. The molecule has 1 nitrogen and oxygen atoms in total. The first-order valence-electron chi connectivity index (χ1n) is 5.73. The van der Waals surface area contributed by atoms with Crippen LogP contribution in [0, 0.1) is 11.6 Å². The van der Waals surface area contributed by atoms with E-state index in [1.807, 2.05) is 0 Å². The van der Waals surface area contributed by atoms with Gasteiger partial charge in [-0.1, -0.05) is 11.6 Å². The molecule has 0 spiro atoms. The molecule has 0 aliphatic heterocycles. The van der Waals surface area contributed by atoms with Gasteiger partial charge in [0.15, 0.2) is 0 Å². The SMILES string of the molecule is O=C(c1cc2cc(F)ccc2s1)c1cc(F)ccc1Cl. The Morgan fingerprint density at radius 1 is 1.00 bits per heavy atom. The van der Waals surface area contributed by atoms with Gasteiger partial charge in [0.05, 0.1) is 9.90 Å². The second-order valence-electron chi connectivity index (χ2n) is 4.25. The molecule has 0 bridgehead atoms. The van der Waals surface area contributed by atoms with Crippen molar-refractivity contribution >= 4 is 38.8 Å². The third-order valence-electron chi connectivity index (χ3n) is 2.88. The molecule has 0 radical (unpaired) electrons. The molecule has 3 rings (SSSR count). The maximum Gasteiger partial charge on any atom is 0.204 e. The molecule has 0 saturated heterocycles. The summed E-state index contributed by atoms with van der Waals surface area (Å²) in [5.74, 6) is -1.25. The minimum Gasteiger partial charge on any atom is -0.288 e. The lowest BCUT2D eigenvalue weighted by atomic mass is 10.1. The predicted molar refractivity (Wildman–Crippen MR) is 76.6 cm³/mol. The van der Waals surface area contributed by atoms with Crippen molar-refractivity contribution in [3.8, 4) is 0 Å². The Kier molecular flexibility index (Phi) is 3.28. The molecule has 2 aromatic carbocycles. The van der Waals surface area contributed by atoms with Gasteiger partial charge in [-0.25, -0.2) is 8.78 Å². The van der Waals surface area contributed by atoms with Gasteiger partial charge in [-0.15, -0.1) is 11.3 Å². The van der Waals surface area contributed by atoms with Crippen LogP contribution in [0.25, 0.3) is 10.1 Å². The van der Waals surface area contributed by atoms with Gasteiger partial charge in [0.25, 0.3) is 0 Å². The normalized spacial score (nSPS) is 10.9. The Hall–Kier alpha value is -1.78. The fourth-order valence-electron chi connectivity index (χ4n) is 1.93. The molecule has 0 saturated carbocycles. The molecule has 20 heavy (non-hydrogen) atoms. The fourth-order valence-corrected chi connectivity index (χ4v) is 3.13. The number of hydrogen-bond acceptors (Lipinski definition) is 2. The van der Waals surface area contributed by atoms with Crippen LogP contribution in [-0.2, 0) is 0 Å². The van der Waals surface area contributed by atoms with Crippen molar-refractivity contribution in [3.05, 3.63) is 69.6 Å². The Morgan fingerprint density at radius 3 is 2.50 bits per heavy atom. The number of benzene rings is 2. The second kappa shape index (κ2) is 4.96. The maximum atomic E-state index is 13.2. The molecule has 100 valence electrons. The van der Waals surface area contributed by atoms with Crippen molar-refractivity contribution in [2.45, 2.75) is 0 Å². The average molecular weight is 309 g/mol. The zero-order valence-electron chi connectivity index (χ0n) is 9.99.